The number of aromatic nitrogens is 1. The van der Waals surface area contributed by atoms with E-state index in [0.717, 1.165) is 32.4 Å². The Bertz CT molecular complexity index is 263. The number of hydrogen-bond acceptors (Lipinski definition) is 2. The van der Waals surface area contributed by atoms with Gasteiger partial charge in [-0.05, 0) is 38.1 Å². The predicted molar refractivity (Wildman–Crippen MR) is 56.3 cm³/mol. The van der Waals surface area contributed by atoms with E-state index in [1.807, 2.05) is 19.4 Å². The van der Waals surface area contributed by atoms with Crippen molar-refractivity contribution in [2.75, 3.05) is 20.2 Å². The maximum absolute atomic E-state index is 5.69. The molecule has 0 bridgehead atoms. The van der Waals surface area contributed by atoms with Gasteiger partial charge in [0.25, 0.3) is 0 Å². The molecule has 3 nitrogen and oxygen atoms in total. The number of rotatable bonds is 3. The molecule has 2 rings (SSSR count). The van der Waals surface area contributed by atoms with Crippen LogP contribution < -0.4 is 5.32 Å². The lowest BCUT2D eigenvalue weighted by Gasteiger charge is -2.36. The number of aromatic amines is 1. The highest BCUT2D eigenvalue weighted by molar-refractivity contribution is 5.08. The average molecular weight is 194 g/mol. The summed E-state index contributed by atoms with van der Waals surface area (Å²) < 4.78 is 5.69. The molecule has 0 unspecified atom stereocenters. The van der Waals surface area contributed by atoms with Crippen molar-refractivity contribution < 1.29 is 4.74 Å². The SMILES string of the molecule is COC1(Cc2ccc[nH]2)CCNCC1. The number of H-pyrrole nitrogens is 1. The van der Waals surface area contributed by atoms with Gasteiger partial charge in [0.15, 0.2) is 0 Å². The standard InChI is InChI=1S/C11H18N2O/c1-14-11(4-7-12-8-5-11)9-10-3-2-6-13-10/h2-3,6,12-13H,4-5,7-9H2,1H3. The van der Waals surface area contributed by atoms with Crippen LogP contribution in [-0.4, -0.2) is 30.8 Å². The monoisotopic (exact) mass is 194 g/mol. The first-order chi connectivity index (χ1) is 6.85. The molecule has 78 valence electrons. The fourth-order valence-electron chi connectivity index (χ4n) is 2.16. The van der Waals surface area contributed by atoms with Gasteiger partial charge in [-0.25, -0.2) is 0 Å². The van der Waals surface area contributed by atoms with Gasteiger partial charge >= 0.3 is 0 Å². The predicted octanol–water partition coefficient (Wildman–Crippen LogP) is 1.33. The smallest absolute Gasteiger partial charge is 0.0757 e. The molecule has 2 N–H and O–H groups in total. The van der Waals surface area contributed by atoms with Gasteiger partial charge in [-0.3, -0.25) is 0 Å². The van der Waals surface area contributed by atoms with Crippen LogP contribution in [0, 0.1) is 0 Å². The van der Waals surface area contributed by atoms with Gasteiger partial charge in [0.2, 0.25) is 0 Å². The zero-order valence-electron chi connectivity index (χ0n) is 8.68. The van der Waals surface area contributed by atoms with Crippen LogP contribution in [0.15, 0.2) is 18.3 Å². The third-order valence-corrected chi connectivity index (χ3v) is 3.12. The van der Waals surface area contributed by atoms with Gasteiger partial charge in [-0.1, -0.05) is 0 Å². The molecule has 2 heterocycles. The number of methoxy groups -OCH3 is 1. The van der Waals surface area contributed by atoms with Gasteiger partial charge in [0.05, 0.1) is 5.60 Å². The molecule has 0 aliphatic carbocycles. The summed E-state index contributed by atoms with van der Waals surface area (Å²) in [5.74, 6) is 0. The van der Waals surface area contributed by atoms with Crippen molar-refractivity contribution in [1.29, 1.82) is 0 Å². The highest BCUT2D eigenvalue weighted by Crippen LogP contribution is 2.26. The first-order valence-corrected chi connectivity index (χ1v) is 5.23. The number of ether oxygens (including phenoxy) is 1. The lowest BCUT2D eigenvalue weighted by molar-refractivity contribution is -0.0339. The molecule has 1 fully saturated rings. The molecule has 0 spiro atoms. The van der Waals surface area contributed by atoms with E-state index in [4.69, 9.17) is 4.74 Å². The Hall–Kier alpha value is -0.800. The Kier molecular flexibility index (Phi) is 2.89. The van der Waals surface area contributed by atoms with E-state index >= 15 is 0 Å². The fraction of sp³-hybridized carbons (Fsp3) is 0.636. The third kappa shape index (κ3) is 1.99. The van der Waals surface area contributed by atoms with Crippen molar-refractivity contribution in [3.63, 3.8) is 0 Å². The molecule has 1 aliphatic rings. The van der Waals surface area contributed by atoms with Crippen LogP contribution in [0.25, 0.3) is 0 Å². The van der Waals surface area contributed by atoms with Crippen molar-refractivity contribution in [3.8, 4) is 0 Å². The van der Waals surface area contributed by atoms with Gasteiger partial charge in [0.1, 0.15) is 0 Å². The van der Waals surface area contributed by atoms with E-state index in [0.29, 0.717) is 0 Å². The van der Waals surface area contributed by atoms with Gasteiger partial charge in [-0.15, -0.1) is 0 Å². The zero-order valence-corrected chi connectivity index (χ0v) is 8.68. The highest BCUT2D eigenvalue weighted by atomic mass is 16.5. The summed E-state index contributed by atoms with van der Waals surface area (Å²) in [5, 5.41) is 3.36. The van der Waals surface area contributed by atoms with Crippen LogP contribution in [0.5, 0.6) is 0 Å². The van der Waals surface area contributed by atoms with E-state index in [1.165, 1.54) is 5.69 Å². The molecule has 0 aromatic carbocycles. The van der Waals surface area contributed by atoms with Crippen LogP contribution in [0.2, 0.25) is 0 Å². The van der Waals surface area contributed by atoms with Crippen molar-refractivity contribution in [2.45, 2.75) is 24.9 Å². The van der Waals surface area contributed by atoms with Crippen LogP contribution >= 0.6 is 0 Å². The third-order valence-electron chi connectivity index (χ3n) is 3.12. The van der Waals surface area contributed by atoms with E-state index < -0.39 is 0 Å². The zero-order chi connectivity index (χ0) is 9.86. The van der Waals surface area contributed by atoms with Gasteiger partial charge < -0.3 is 15.0 Å². The Labute approximate surface area is 84.9 Å². The van der Waals surface area contributed by atoms with Crippen LogP contribution in [-0.2, 0) is 11.2 Å². The molecule has 1 aromatic rings. The largest absolute Gasteiger partial charge is 0.378 e. The van der Waals surface area contributed by atoms with Crippen LogP contribution in [0.1, 0.15) is 18.5 Å². The van der Waals surface area contributed by atoms with E-state index in [-0.39, 0.29) is 5.60 Å². The number of nitrogens with one attached hydrogen (secondary N) is 2. The second kappa shape index (κ2) is 4.15. The summed E-state index contributed by atoms with van der Waals surface area (Å²) in [6, 6.07) is 4.17. The minimum absolute atomic E-state index is 0.0517. The summed E-state index contributed by atoms with van der Waals surface area (Å²) in [7, 11) is 1.83. The van der Waals surface area contributed by atoms with Crippen molar-refractivity contribution in [3.05, 3.63) is 24.0 Å². The Morgan fingerprint density at radius 2 is 2.21 bits per heavy atom. The summed E-state index contributed by atoms with van der Waals surface area (Å²) >= 11 is 0. The first kappa shape index (κ1) is 9.74. The van der Waals surface area contributed by atoms with Crippen LogP contribution in [0.3, 0.4) is 0 Å². The second-order valence-electron chi connectivity index (χ2n) is 4.01. The molecule has 0 atom stereocenters. The Morgan fingerprint density at radius 1 is 1.43 bits per heavy atom. The molecule has 14 heavy (non-hydrogen) atoms. The topological polar surface area (TPSA) is 37.0 Å². The lowest BCUT2D eigenvalue weighted by atomic mass is 9.87. The summed E-state index contributed by atoms with van der Waals surface area (Å²) in [6.45, 7) is 2.13. The Morgan fingerprint density at radius 3 is 2.79 bits per heavy atom. The fourth-order valence-corrected chi connectivity index (χ4v) is 2.16. The normalized spacial score (nSPS) is 20.9. The minimum Gasteiger partial charge on any atom is -0.378 e. The van der Waals surface area contributed by atoms with E-state index in [9.17, 15) is 0 Å². The quantitative estimate of drug-likeness (QED) is 0.761. The van der Waals surface area contributed by atoms with E-state index in [1.54, 1.807) is 0 Å². The highest BCUT2D eigenvalue weighted by Gasteiger charge is 2.32. The maximum Gasteiger partial charge on any atom is 0.0757 e. The summed E-state index contributed by atoms with van der Waals surface area (Å²) in [5.41, 5.74) is 1.32. The molecule has 1 aliphatic heterocycles. The summed E-state index contributed by atoms with van der Waals surface area (Å²) in [4.78, 5) is 3.24. The van der Waals surface area contributed by atoms with Gasteiger partial charge in [-0.2, -0.15) is 0 Å². The molecule has 3 heteroatoms. The van der Waals surface area contributed by atoms with Crippen molar-refractivity contribution in [2.24, 2.45) is 0 Å². The second-order valence-corrected chi connectivity index (χ2v) is 4.01. The maximum atomic E-state index is 5.69. The van der Waals surface area contributed by atoms with Crippen LogP contribution in [0.4, 0.5) is 0 Å². The molecule has 0 amide bonds. The van der Waals surface area contributed by atoms with Gasteiger partial charge in [0, 0.05) is 25.4 Å². The Balaban J connectivity index is 2.04. The van der Waals surface area contributed by atoms with Crippen molar-refractivity contribution in [1.82, 2.24) is 10.3 Å². The number of piperidine rings is 1. The number of hydrogen-bond donors (Lipinski definition) is 2. The summed E-state index contributed by atoms with van der Waals surface area (Å²) in [6.07, 6.45) is 5.17. The van der Waals surface area contributed by atoms with Crippen molar-refractivity contribution >= 4 is 0 Å². The molecule has 1 aromatic heterocycles. The van der Waals surface area contributed by atoms with E-state index in [2.05, 4.69) is 16.4 Å². The molecule has 0 saturated carbocycles. The minimum atomic E-state index is 0.0517. The lowest BCUT2D eigenvalue weighted by Crippen LogP contribution is -2.45. The first-order valence-electron chi connectivity index (χ1n) is 5.23. The molecule has 0 radical (unpaired) electrons. The molecular formula is C11H18N2O. The molecule has 1 saturated heterocycles. The molecular weight excluding hydrogens is 176 g/mol. The average Bonchev–Trinajstić information content (AvgIpc) is 2.72.